The number of carbonyl (C=O) groups is 2. The smallest absolute Gasteiger partial charge is 0.344 e. The van der Waals surface area contributed by atoms with Crippen molar-refractivity contribution in [3.8, 4) is 0 Å². The number of nitrogens with one attached hydrogen (secondary N) is 2. The Balaban J connectivity index is 1.85. The molecule has 0 bridgehead atoms. The van der Waals surface area contributed by atoms with Crippen molar-refractivity contribution in [3.63, 3.8) is 0 Å². The number of rotatable bonds is 6. The molecule has 0 saturated heterocycles. The van der Waals surface area contributed by atoms with Gasteiger partial charge in [0, 0.05) is 19.0 Å². The van der Waals surface area contributed by atoms with E-state index in [0.717, 1.165) is 24.4 Å². The van der Waals surface area contributed by atoms with Crippen LogP contribution in [-0.4, -0.2) is 35.9 Å². The van der Waals surface area contributed by atoms with Crippen LogP contribution in [0, 0.1) is 0 Å². The van der Waals surface area contributed by atoms with Crippen LogP contribution < -0.4 is 16.4 Å². The summed E-state index contributed by atoms with van der Waals surface area (Å²) in [5.74, 6) is -0.384. The van der Waals surface area contributed by atoms with E-state index in [-0.39, 0.29) is 17.3 Å². The fourth-order valence-electron chi connectivity index (χ4n) is 1.54. The van der Waals surface area contributed by atoms with Crippen molar-refractivity contribution in [2.75, 3.05) is 24.7 Å². The monoisotopic (exact) mass is 284 g/mol. The summed E-state index contributed by atoms with van der Waals surface area (Å²) >= 11 is 1.08. The van der Waals surface area contributed by atoms with E-state index in [1.807, 2.05) is 0 Å². The third-order valence-corrected chi connectivity index (χ3v) is 3.51. The minimum Gasteiger partial charge on any atom is -0.465 e. The Bertz CT molecular complexity index is 484. The molecule has 8 heteroatoms. The van der Waals surface area contributed by atoms with Crippen LogP contribution in [0.2, 0.25) is 0 Å². The first kappa shape index (κ1) is 13.6. The van der Waals surface area contributed by atoms with Crippen molar-refractivity contribution in [1.29, 1.82) is 0 Å². The molecule has 0 unspecified atom stereocenters. The number of ether oxygens (including phenoxy) is 1. The van der Waals surface area contributed by atoms with Gasteiger partial charge in [0.15, 0.2) is 5.82 Å². The van der Waals surface area contributed by atoms with Gasteiger partial charge in [-0.15, -0.1) is 0 Å². The van der Waals surface area contributed by atoms with Crippen LogP contribution in [0.1, 0.15) is 29.6 Å². The normalized spacial score (nSPS) is 13.9. The molecule has 0 radical (unpaired) electrons. The molecule has 104 valence electrons. The van der Waals surface area contributed by atoms with Crippen molar-refractivity contribution < 1.29 is 14.3 Å². The average molecular weight is 284 g/mol. The van der Waals surface area contributed by atoms with Gasteiger partial charge in [0.1, 0.15) is 10.6 Å². The van der Waals surface area contributed by atoms with Crippen molar-refractivity contribution in [2.24, 2.45) is 0 Å². The summed E-state index contributed by atoms with van der Waals surface area (Å²) in [6.45, 7) is 0.421. The van der Waals surface area contributed by atoms with E-state index in [9.17, 15) is 9.59 Å². The highest BCUT2D eigenvalue weighted by Crippen LogP contribution is 2.27. The molecule has 2 rings (SSSR count). The molecule has 7 nitrogen and oxygen atoms in total. The van der Waals surface area contributed by atoms with Crippen LogP contribution >= 0.6 is 11.5 Å². The van der Waals surface area contributed by atoms with E-state index < -0.39 is 5.97 Å². The zero-order valence-electron chi connectivity index (χ0n) is 10.6. The number of hydrogen-bond donors (Lipinski definition) is 3. The molecule has 0 atom stereocenters. The minimum absolute atomic E-state index is 0.00658. The highest BCUT2D eigenvalue weighted by Gasteiger charge is 2.23. The fraction of sp³-hybridized carbons (Fsp3) is 0.545. The van der Waals surface area contributed by atoms with Crippen LogP contribution in [0.4, 0.5) is 10.8 Å². The maximum Gasteiger partial charge on any atom is 0.344 e. The third kappa shape index (κ3) is 3.57. The number of aromatic nitrogens is 1. The number of nitrogens with two attached hydrogens (primary N) is 1. The number of carbonyl (C=O) groups excluding carboxylic acids is 2. The van der Waals surface area contributed by atoms with Gasteiger partial charge in [-0.25, -0.2) is 4.79 Å². The van der Waals surface area contributed by atoms with Crippen LogP contribution in [0.3, 0.4) is 0 Å². The van der Waals surface area contributed by atoms with Gasteiger partial charge >= 0.3 is 5.97 Å². The predicted octanol–water partition coefficient (Wildman–Crippen LogP) is 0.592. The third-order valence-electron chi connectivity index (χ3n) is 2.69. The highest BCUT2D eigenvalue weighted by atomic mass is 32.1. The number of methoxy groups -OCH3 is 1. The zero-order chi connectivity index (χ0) is 13.8. The molecule has 1 aromatic rings. The van der Waals surface area contributed by atoms with E-state index in [2.05, 4.69) is 19.7 Å². The van der Waals surface area contributed by atoms with Crippen LogP contribution in [0.5, 0.6) is 0 Å². The van der Waals surface area contributed by atoms with Crippen molar-refractivity contribution in [1.82, 2.24) is 9.69 Å². The number of nitrogen functional groups attached to an aromatic ring is 1. The number of anilines is 2. The lowest BCUT2D eigenvalue weighted by atomic mass is 10.3. The second-order valence-corrected chi connectivity index (χ2v) is 5.06. The van der Waals surface area contributed by atoms with Gasteiger partial charge in [0.25, 0.3) is 0 Å². The van der Waals surface area contributed by atoms with Gasteiger partial charge in [-0.3, -0.25) is 4.79 Å². The molecule has 1 saturated carbocycles. The molecule has 4 N–H and O–H groups in total. The predicted molar refractivity (Wildman–Crippen MR) is 72.1 cm³/mol. The lowest BCUT2D eigenvalue weighted by Gasteiger charge is -2.06. The molecule has 0 aliphatic heterocycles. The van der Waals surface area contributed by atoms with Gasteiger partial charge in [0.2, 0.25) is 5.91 Å². The largest absolute Gasteiger partial charge is 0.465 e. The van der Waals surface area contributed by atoms with E-state index >= 15 is 0 Å². The summed E-state index contributed by atoms with van der Waals surface area (Å²) in [5, 5.41) is 6.41. The van der Waals surface area contributed by atoms with Gasteiger partial charge < -0.3 is 21.1 Å². The standard InChI is InChI=1S/C11H16N4O3S/c1-18-11(17)8-9(12)15-19-10(8)13-5-4-7(16)14-6-2-3-6/h6,13H,2-5H2,1H3,(H2,12,15)(H,14,16). The van der Waals surface area contributed by atoms with Crippen LogP contribution in [0.25, 0.3) is 0 Å². The SMILES string of the molecule is COC(=O)c1c(N)nsc1NCCC(=O)NC1CC1. The maximum absolute atomic E-state index is 11.5. The topological polar surface area (TPSA) is 106 Å². The Morgan fingerprint density at radius 2 is 2.26 bits per heavy atom. The lowest BCUT2D eigenvalue weighted by molar-refractivity contribution is -0.120. The lowest BCUT2D eigenvalue weighted by Crippen LogP contribution is -2.27. The number of nitrogens with zero attached hydrogens (tertiary/aromatic N) is 1. The zero-order valence-corrected chi connectivity index (χ0v) is 11.4. The first-order valence-corrected chi connectivity index (χ1v) is 6.76. The van der Waals surface area contributed by atoms with Crippen molar-refractivity contribution >= 4 is 34.2 Å². The van der Waals surface area contributed by atoms with Crippen LogP contribution in [-0.2, 0) is 9.53 Å². The van der Waals surface area contributed by atoms with Gasteiger partial charge in [-0.2, -0.15) is 4.37 Å². The molecule has 19 heavy (non-hydrogen) atoms. The Kier molecular flexibility index (Phi) is 4.20. The quantitative estimate of drug-likeness (QED) is 0.660. The fourth-order valence-corrected chi connectivity index (χ4v) is 2.27. The maximum atomic E-state index is 11.5. The minimum atomic E-state index is -0.531. The van der Waals surface area contributed by atoms with Crippen molar-refractivity contribution in [2.45, 2.75) is 25.3 Å². The summed E-state index contributed by atoms with van der Waals surface area (Å²) in [6.07, 6.45) is 2.48. The molecule has 1 aliphatic rings. The summed E-state index contributed by atoms with van der Waals surface area (Å²) in [7, 11) is 1.28. The summed E-state index contributed by atoms with van der Waals surface area (Å²) in [6, 6.07) is 0.358. The molecule has 1 amide bonds. The Hall–Kier alpha value is -1.83. The Morgan fingerprint density at radius 3 is 2.89 bits per heavy atom. The first-order chi connectivity index (χ1) is 9.11. The van der Waals surface area contributed by atoms with Gasteiger partial charge in [-0.1, -0.05) is 0 Å². The average Bonchev–Trinajstić information content (AvgIpc) is 3.11. The van der Waals surface area contributed by atoms with Gasteiger partial charge in [-0.05, 0) is 24.4 Å². The Labute approximate surface area is 114 Å². The molecule has 1 fully saturated rings. The Morgan fingerprint density at radius 1 is 1.53 bits per heavy atom. The molecular weight excluding hydrogens is 268 g/mol. The number of esters is 1. The van der Waals surface area contributed by atoms with Crippen LogP contribution in [0.15, 0.2) is 0 Å². The summed E-state index contributed by atoms with van der Waals surface area (Å²) < 4.78 is 8.53. The molecule has 1 heterocycles. The van der Waals surface area contributed by atoms with E-state index in [4.69, 9.17) is 5.73 Å². The van der Waals surface area contributed by atoms with Crippen molar-refractivity contribution in [3.05, 3.63) is 5.56 Å². The molecule has 0 aromatic carbocycles. The van der Waals surface area contributed by atoms with E-state index in [1.54, 1.807) is 0 Å². The highest BCUT2D eigenvalue weighted by molar-refractivity contribution is 7.11. The summed E-state index contributed by atoms with van der Waals surface area (Å²) in [4.78, 5) is 23.0. The first-order valence-electron chi connectivity index (χ1n) is 5.98. The molecular formula is C11H16N4O3S. The second kappa shape index (κ2) is 5.87. The van der Waals surface area contributed by atoms with E-state index in [1.165, 1.54) is 7.11 Å². The number of amides is 1. The second-order valence-electron chi connectivity index (χ2n) is 4.28. The van der Waals surface area contributed by atoms with E-state index in [0.29, 0.717) is 24.0 Å². The molecule has 1 aromatic heterocycles. The summed E-state index contributed by atoms with van der Waals surface area (Å²) in [5.41, 5.74) is 5.83. The molecule has 0 spiro atoms. The number of hydrogen-bond acceptors (Lipinski definition) is 7. The molecule has 1 aliphatic carbocycles. The van der Waals surface area contributed by atoms with Gasteiger partial charge in [0.05, 0.1) is 7.11 Å².